The van der Waals surface area contributed by atoms with Gasteiger partial charge in [0.05, 0.1) is 18.8 Å². The molecule has 1 amide bonds. The van der Waals surface area contributed by atoms with Crippen molar-refractivity contribution in [2.75, 3.05) is 30.4 Å². The van der Waals surface area contributed by atoms with Gasteiger partial charge in [-0.15, -0.1) is 0 Å². The Bertz CT molecular complexity index is 1730. The third-order valence-corrected chi connectivity index (χ3v) is 8.59. The van der Waals surface area contributed by atoms with E-state index in [0.29, 0.717) is 52.8 Å². The number of aromatic nitrogens is 5. The molecule has 3 aliphatic rings. The van der Waals surface area contributed by atoms with Crippen LogP contribution in [0, 0.1) is 0 Å². The minimum absolute atomic E-state index is 0.0915. The van der Waals surface area contributed by atoms with Gasteiger partial charge < -0.3 is 19.6 Å². The van der Waals surface area contributed by atoms with Gasteiger partial charge in [0.1, 0.15) is 17.2 Å². The number of amides is 1. The highest BCUT2D eigenvalue weighted by Gasteiger charge is 2.33. The van der Waals surface area contributed by atoms with Gasteiger partial charge in [0.15, 0.2) is 5.82 Å². The van der Waals surface area contributed by atoms with Crippen molar-refractivity contribution in [3.63, 3.8) is 0 Å². The normalized spacial score (nSPS) is 16.9. The van der Waals surface area contributed by atoms with Gasteiger partial charge in [-0.1, -0.05) is 0 Å². The van der Waals surface area contributed by atoms with Crippen molar-refractivity contribution in [1.82, 2.24) is 28.8 Å². The number of rotatable bonds is 5. The number of nitrogens with one attached hydrogen (secondary N) is 1. The van der Waals surface area contributed by atoms with E-state index in [1.165, 1.54) is 15.8 Å². The van der Waals surface area contributed by atoms with E-state index < -0.39 is 0 Å². The molecule has 0 aromatic carbocycles. The molecule has 0 saturated heterocycles. The van der Waals surface area contributed by atoms with E-state index in [9.17, 15) is 14.7 Å². The summed E-state index contributed by atoms with van der Waals surface area (Å²) in [7, 11) is 3.77. The number of hydrogen-bond donors (Lipinski definition) is 2. The number of nitrogens with zero attached hydrogens (tertiary/aromatic N) is 7. The number of carbonyl (C=O) groups is 1. The minimum Gasteiger partial charge on any atom is -0.392 e. The molecule has 212 valence electrons. The number of pyridine rings is 2. The summed E-state index contributed by atoms with van der Waals surface area (Å²) in [5.74, 6) is 0.998. The van der Waals surface area contributed by atoms with E-state index in [1.54, 1.807) is 36.5 Å². The molecule has 0 atom stereocenters. The highest BCUT2D eigenvalue weighted by atomic mass is 16.3. The first kappa shape index (κ1) is 25.7. The summed E-state index contributed by atoms with van der Waals surface area (Å²) >= 11 is 0. The lowest BCUT2D eigenvalue weighted by molar-refractivity contribution is 0.0964. The number of aryl methyl sites for hydroxylation is 2. The van der Waals surface area contributed by atoms with E-state index >= 15 is 0 Å². The fourth-order valence-electron chi connectivity index (χ4n) is 6.51. The number of fused-ring (bicyclic) bond motifs is 4. The molecule has 0 saturated carbocycles. The van der Waals surface area contributed by atoms with Crippen LogP contribution in [0.25, 0.3) is 11.1 Å². The molecular formula is C30H34N8O3. The van der Waals surface area contributed by atoms with Crippen molar-refractivity contribution in [3.05, 3.63) is 75.2 Å². The highest BCUT2D eigenvalue weighted by Crippen LogP contribution is 2.36. The van der Waals surface area contributed by atoms with Crippen LogP contribution in [0.15, 0.2) is 41.5 Å². The first-order valence-electron chi connectivity index (χ1n) is 14.3. The zero-order valence-corrected chi connectivity index (χ0v) is 23.4. The lowest BCUT2D eigenvalue weighted by Gasteiger charge is -2.31. The molecule has 1 aliphatic carbocycles. The second kappa shape index (κ2) is 10.0. The highest BCUT2D eigenvalue weighted by molar-refractivity contribution is 6.07. The number of aliphatic hydroxyl groups excluding tert-OH is 1. The Balaban J connectivity index is 1.28. The zero-order chi connectivity index (χ0) is 28.2. The van der Waals surface area contributed by atoms with Crippen LogP contribution in [0.2, 0.25) is 0 Å². The van der Waals surface area contributed by atoms with Crippen LogP contribution in [0.3, 0.4) is 0 Å². The lowest BCUT2D eigenvalue weighted by Crippen LogP contribution is -2.41. The van der Waals surface area contributed by atoms with Crippen LogP contribution < -0.4 is 15.8 Å². The van der Waals surface area contributed by atoms with Crippen LogP contribution in [-0.2, 0) is 46.1 Å². The van der Waals surface area contributed by atoms with Crippen LogP contribution >= 0.6 is 0 Å². The number of hydrogen-bond acceptors (Lipinski definition) is 7. The van der Waals surface area contributed by atoms with Gasteiger partial charge >= 0.3 is 0 Å². The van der Waals surface area contributed by atoms with Gasteiger partial charge in [-0.3, -0.25) is 24.1 Å². The maximum absolute atomic E-state index is 13.9. The van der Waals surface area contributed by atoms with Crippen molar-refractivity contribution in [1.29, 1.82) is 0 Å². The first-order chi connectivity index (χ1) is 19.9. The number of anilines is 3. The maximum Gasteiger partial charge on any atom is 0.276 e. The van der Waals surface area contributed by atoms with Gasteiger partial charge in [-0.2, -0.15) is 5.10 Å². The average molecular weight is 555 g/mol. The molecule has 0 unspecified atom stereocenters. The van der Waals surface area contributed by atoms with Gasteiger partial charge in [-0.05, 0) is 62.1 Å². The van der Waals surface area contributed by atoms with E-state index in [0.717, 1.165) is 51.0 Å². The Morgan fingerprint density at radius 2 is 1.88 bits per heavy atom. The summed E-state index contributed by atoms with van der Waals surface area (Å²) in [5.41, 5.74) is 6.45. The average Bonchev–Trinajstić information content (AvgIpc) is 3.56. The lowest BCUT2D eigenvalue weighted by atomic mass is 9.98. The predicted octanol–water partition coefficient (Wildman–Crippen LogP) is 2.67. The molecular weight excluding hydrogens is 520 g/mol. The van der Waals surface area contributed by atoms with E-state index in [2.05, 4.69) is 38.0 Å². The third kappa shape index (κ3) is 4.36. The largest absolute Gasteiger partial charge is 0.392 e. The standard InChI is InChI=1S/C30H34N8O3/c1-34-9-12-38-22(17-34)15-26(33-38)32-23-13-21(16-35(2)29(23)40)27-20(18-39)7-8-31-28(27)37-11-10-36-24-6-4-3-5-19(24)14-25(36)30(37)41/h7-8,13-16,39H,3-6,9-12,17-18H2,1-2H3,(H,32,33). The van der Waals surface area contributed by atoms with Gasteiger partial charge in [0.2, 0.25) is 0 Å². The second-order valence-corrected chi connectivity index (χ2v) is 11.3. The molecule has 0 radical (unpaired) electrons. The predicted molar refractivity (Wildman–Crippen MR) is 155 cm³/mol. The Morgan fingerprint density at radius 3 is 2.73 bits per heavy atom. The molecule has 7 rings (SSSR count). The Kier molecular flexibility index (Phi) is 6.28. The van der Waals surface area contributed by atoms with Crippen molar-refractivity contribution < 1.29 is 9.90 Å². The molecule has 2 N–H and O–H groups in total. The number of likely N-dealkylation sites (N-methyl/N-ethyl adjacent to an activating group) is 1. The van der Waals surface area contributed by atoms with E-state index in [4.69, 9.17) is 0 Å². The van der Waals surface area contributed by atoms with Gasteiger partial charge in [0.25, 0.3) is 11.5 Å². The Hall–Kier alpha value is -4.22. The summed E-state index contributed by atoms with van der Waals surface area (Å²) in [4.78, 5) is 35.7. The molecule has 41 heavy (non-hydrogen) atoms. The SMILES string of the molecule is CN1CCn2nc(Nc3cc(-c4c(CO)ccnc4N4CCn5c(cc6c5CCCC6)C4=O)cn(C)c3=O)cc2C1. The smallest absolute Gasteiger partial charge is 0.276 e. The molecule has 0 spiro atoms. The van der Waals surface area contributed by atoms with Crippen LogP contribution in [0.5, 0.6) is 0 Å². The number of aliphatic hydroxyl groups is 1. The quantitative estimate of drug-likeness (QED) is 0.390. The summed E-state index contributed by atoms with van der Waals surface area (Å²) in [6.45, 7) is 3.45. The van der Waals surface area contributed by atoms with Crippen molar-refractivity contribution in [3.8, 4) is 11.1 Å². The molecule has 4 aromatic rings. The third-order valence-electron chi connectivity index (χ3n) is 8.59. The van der Waals surface area contributed by atoms with Crippen LogP contribution in [-0.4, -0.2) is 59.9 Å². The van der Waals surface area contributed by atoms with Crippen LogP contribution in [0.1, 0.15) is 45.8 Å². The Labute approximate surface area is 237 Å². The molecule has 11 heteroatoms. The van der Waals surface area contributed by atoms with Crippen LogP contribution in [0.4, 0.5) is 17.3 Å². The maximum atomic E-state index is 13.9. The molecule has 6 heterocycles. The molecule has 0 fully saturated rings. The molecule has 0 bridgehead atoms. The summed E-state index contributed by atoms with van der Waals surface area (Å²) in [5, 5.41) is 18.2. The van der Waals surface area contributed by atoms with E-state index in [1.807, 2.05) is 10.7 Å². The van der Waals surface area contributed by atoms with E-state index in [-0.39, 0.29) is 18.1 Å². The topological polar surface area (TPSA) is 113 Å². The summed E-state index contributed by atoms with van der Waals surface area (Å²) in [6.07, 6.45) is 7.69. The van der Waals surface area contributed by atoms with Gasteiger partial charge in [0, 0.05) is 68.5 Å². The van der Waals surface area contributed by atoms with Gasteiger partial charge in [-0.25, -0.2) is 4.98 Å². The monoisotopic (exact) mass is 554 g/mol. The number of carbonyl (C=O) groups excluding carboxylic acids is 1. The first-order valence-corrected chi connectivity index (χ1v) is 14.3. The summed E-state index contributed by atoms with van der Waals surface area (Å²) in [6, 6.07) is 7.54. The molecule has 11 nitrogen and oxygen atoms in total. The molecule has 2 aliphatic heterocycles. The van der Waals surface area contributed by atoms with Crippen molar-refractivity contribution >= 4 is 23.2 Å². The summed E-state index contributed by atoms with van der Waals surface area (Å²) < 4.78 is 5.66. The fraction of sp³-hybridized carbons (Fsp3) is 0.400. The van der Waals surface area contributed by atoms with Crippen molar-refractivity contribution in [2.45, 2.75) is 51.9 Å². The van der Waals surface area contributed by atoms with Crippen molar-refractivity contribution in [2.24, 2.45) is 7.05 Å². The zero-order valence-electron chi connectivity index (χ0n) is 23.4. The second-order valence-electron chi connectivity index (χ2n) is 11.3. The fourth-order valence-corrected chi connectivity index (χ4v) is 6.51. The minimum atomic E-state index is -0.232. The molecule has 4 aromatic heterocycles. The Morgan fingerprint density at radius 1 is 1.02 bits per heavy atom.